The van der Waals surface area contributed by atoms with Gasteiger partial charge in [-0.1, -0.05) is 22.0 Å². The summed E-state index contributed by atoms with van der Waals surface area (Å²) in [5.41, 5.74) is 0.813. The van der Waals surface area contributed by atoms with Crippen LogP contribution in [0, 0.1) is 0 Å². The zero-order valence-electron chi connectivity index (χ0n) is 9.44. The van der Waals surface area contributed by atoms with Gasteiger partial charge in [0.15, 0.2) is 0 Å². The van der Waals surface area contributed by atoms with E-state index in [0.29, 0.717) is 13.0 Å². The lowest BCUT2D eigenvalue weighted by Crippen LogP contribution is -2.42. The van der Waals surface area contributed by atoms with Crippen molar-refractivity contribution < 1.29 is 9.59 Å². The number of benzene rings is 1. The van der Waals surface area contributed by atoms with E-state index in [9.17, 15) is 9.59 Å². The molecule has 0 bridgehead atoms. The van der Waals surface area contributed by atoms with Gasteiger partial charge in [-0.3, -0.25) is 9.59 Å². The molecule has 1 aliphatic heterocycles. The minimum Gasteiger partial charge on any atom is -0.345 e. The van der Waals surface area contributed by atoms with Gasteiger partial charge < -0.3 is 10.2 Å². The number of nitrogens with zero attached hydrogens (tertiary/aromatic N) is 1. The summed E-state index contributed by atoms with van der Waals surface area (Å²) >= 11 is 3.37. The highest BCUT2D eigenvalue weighted by Crippen LogP contribution is 2.21. The van der Waals surface area contributed by atoms with Crippen LogP contribution in [0.3, 0.4) is 0 Å². The van der Waals surface area contributed by atoms with Crippen LogP contribution >= 0.6 is 15.9 Å². The lowest BCUT2D eigenvalue weighted by Gasteiger charge is -2.22. The molecule has 5 heteroatoms. The second kappa shape index (κ2) is 4.87. The van der Waals surface area contributed by atoms with E-state index in [0.717, 1.165) is 10.2 Å². The molecule has 1 heterocycles. The van der Waals surface area contributed by atoms with Gasteiger partial charge in [-0.15, -0.1) is 0 Å². The summed E-state index contributed by atoms with van der Waals surface area (Å²) in [6.07, 6.45) is 0.336. The van der Waals surface area contributed by atoms with E-state index in [1.807, 2.05) is 24.3 Å². The molecular weight excluding hydrogens is 284 g/mol. The van der Waals surface area contributed by atoms with Crippen LogP contribution in [-0.4, -0.2) is 24.4 Å². The number of carbonyl (C=O) groups excluding carboxylic acids is 2. The molecule has 1 atom stereocenters. The third kappa shape index (κ3) is 2.66. The van der Waals surface area contributed by atoms with E-state index < -0.39 is 6.04 Å². The van der Waals surface area contributed by atoms with Gasteiger partial charge >= 0.3 is 0 Å². The fourth-order valence-electron chi connectivity index (χ4n) is 1.83. The Morgan fingerprint density at radius 3 is 2.88 bits per heavy atom. The first kappa shape index (κ1) is 12.1. The van der Waals surface area contributed by atoms with Gasteiger partial charge in [0.1, 0.15) is 6.04 Å². The maximum Gasteiger partial charge on any atom is 0.249 e. The molecule has 1 aromatic carbocycles. The molecule has 1 aromatic rings. The molecule has 4 nitrogen and oxygen atoms in total. The molecule has 2 rings (SSSR count). The van der Waals surface area contributed by atoms with Gasteiger partial charge in [-0.05, 0) is 25.1 Å². The molecule has 0 aromatic heterocycles. The van der Waals surface area contributed by atoms with Gasteiger partial charge in [0, 0.05) is 23.1 Å². The number of nitrogens with one attached hydrogen (secondary N) is 1. The Balaban J connectivity index is 2.30. The van der Waals surface area contributed by atoms with E-state index in [4.69, 9.17) is 0 Å². The fraction of sp³-hybridized carbons (Fsp3) is 0.333. The molecule has 0 radical (unpaired) electrons. The summed E-state index contributed by atoms with van der Waals surface area (Å²) in [5, 5.41) is 2.66. The quantitative estimate of drug-likeness (QED) is 0.857. The number of halogens is 1. The number of hydrogen-bond acceptors (Lipinski definition) is 2. The normalized spacial score (nSPS) is 21.1. The first-order valence-electron chi connectivity index (χ1n) is 5.44. The topological polar surface area (TPSA) is 49.4 Å². The van der Waals surface area contributed by atoms with Crippen molar-refractivity contribution in [1.82, 2.24) is 5.32 Å². The van der Waals surface area contributed by atoms with Gasteiger partial charge in [-0.2, -0.15) is 0 Å². The third-order valence-corrected chi connectivity index (χ3v) is 3.19. The smallest absolute Gasteiger partial charge is 0.249 e. The average Bonchev–Trinajstić information content (AvgIpc) is 2.40. The molecule has 0 spiro atoms. The zero-order chi connectivity index (χ0) is 12.4. The van der Waals surface area contributed by atoms with Crippen molar-refractivity contribution in [2.75, 3.05) is 11.4 Å². The minimum absolute atomic E-state index is 0.0750. The highest BCUT2D eigenvalue weighted by molar-refractivity contribution is 9.10. The fourth-order valence-corrected chi connectivity index (χ4v) is 2.22. The van der Waals surface area contributed by atoms with Gasteiger partial charge in [0.25, 0.3) is 0 Å². The van der Waals surface area contributed by atoms with Crippen LogP contribution in [0.5, 0.6) is 0 Å². The summed E-state index contributed by atoms with van der Waals surface area (Å²) in [7, 11) is 0. The van der Waals surface area contributed by atoms with E-state index in [1.54, 1.807) is 11.8 Å². The van der Waals surface area contributed by atoms with Crippen LogP contribution in [-0.2, 0) is 9.59 Å². The molecule has 17 heavy (non-hydrogen) atoms. The highest BCUT2D eigenvalue weighted by atomic mass is 79.9. The lowest BCUT2D eigenvalue weighted by atomic mass is 10.2. The molecule has 1 N–H and O–H groups in total. The summed E-state index contributed by atoms with van der Waals surface area (Å²) in [6, 6.07) is 7.05. The van der Waals surface area contributed by atoms with Crippen molar-refractivity contribution in [2.24, 2.45) is 0 Å². The molecule has 0 saturated carbocycles. The predicted octanol–water partition coefficient (Wildman–Crippen LogP) is 1.69. The van der Waals surface area contributed by atoms with Crippen molar-refractivity contribution >= 4 is 33.4 Å². The van der Waals surface area contributed by atoms with Crippen molar-refractivity contribution in [3.05, 3.63) is 28.7 Å². The van der Waals surface area contributed by atoms with Crippen LogP contribution in [0.2, 0.25) is 0 Å². The van der Waals surface area contributed by atoms with E-state index in [1.165, 1.54) is 0 Å². The van der Waals surface area contributed by atoms with Crippen molar-refractivity contribution in [2.45, 2.75) is 19.4 Å². The monoisotopic (exact) mass is 296 g/mol. The average molecular weight is 297 g/mol. The maximum atomic E-state index is 12.1. The Morgan fingerprint density at radius 1 is 1.41 bits per heavy atom. The SMILES string of the molecule is CC1NC(=O)CCN(c2cccc(Br)c2)C1=O. The summed E-state index contributed by atoms with van der Waals surface area (Å²) in [6.45, 7) is 2.13. The zero-order valence-corrected chi connectivity index (χ0v) is 11.0. The summed E-state index contributed by atoms with van der Waals surface area (Å²) < 4.78 is 0.916. The molecule has 1 aliphatic rings. The van der Waals surface area contributed by atoms with Crippen LogP contribution in [0.25, 0.3) is 0 Å². The van der Waals surface area contributed by atoms with Crippen molar-refractivity contribution in [1.29, 1.82) is 0 Å². The molecule has 1 fully saturated rings. The Labute approximate surface area is 108 Å². The van der Waals surface area contributed by atoms with Gasteiger partial charge in [-0.25, -0.2) is 0 Å². The molecule has 1 saturated heterocycles. The van der Waals surface area contributed by atoms with Crippen LogP contribution in [0.1, 0.15) is 13.3 Å². The number of amides is 2. The first-order chi connectivity index (χ1) is 8.08. The maximum absolute atomic E-state index is 12.1. The van der Waals surface area contributed by atoms with Gasteiger partial charge in [0.05, 0.1) is 0 Å². The predicted molar refractivity (Wildman–Crippen MR) is 68.7 cm³/mol. The molecule has 0 aliphatic carbocycles. The number of anilines is 1. The Morgan fingerprint density at radius 2 is 2.18 bits per heavy atom. The lowest BCUT2D eigenvalue weighted by molar-refractivity contribution is -0.125. The summed E-state index contributed by atoms with van der Waals surface area (Å²) in [5.74, 6) is -0.155. The number of hydrogen-bond donors (Lipinski definition) is 1. The second-order valence-electron chi connectivity index (χ2n) is 4.01. The van der Waals surface area contributed by atoms with E-state index in [-0.39, 0.29) is 11.8 Å². The van der Waals surface area contributed by atoms with Crippen LogP contribution in [0.4, 0.5) is 5.69 Å². The summed E-state index contributed by atoms with van der Waals surface area (Å²) in [4.78, 5) is 25.1. The van der Waals surface area contributed by atoms with Crippen molar-refractivity contribution in [3.8, 4) is 0 Å². The standard InChI is InChI=1S/C12H13BrN2O2/c1-8-12(17)15(6-5-11(16)14-8)10-4-2-3-9(13)7-10/h2-4,7-8H,5-6H2,1H3,(H,14,16). The Hall–Kier alpha value is -1.36. The number of carbonyl (C=O) groups is 2. The van der Waals surface area contributed by atoms with E-state index in [2.05, 4.69) is 21.2 Å². The van der Waals surface area contributed by atoms with Crippen LogP contribution < -0.4 is 10.2 Å². The Bertz CT molecular complexity index is 462. The first-order valence-corrected chi connectivity index (χ1v) is 6.23. The Kier molecular flexibility index (Phi) is 3.47. The largest absolute Gasteiger partial charge is 0.345 e. The van der Waals surface area contributed by atoms with Gasteiger partial charge in [0.2, 0.25) is 11.8 Å². The second-order valence-corrected chi connectivity index (χ2v) is 4.92. The van der Waals surface area contributed by atoms with E-state index >= 15 is 0 Å². The minimum atomic E-state index is -0.469. The molecule has 90 valence electrons. The molecule has 2 amide bonds. The van der Waals surface area contributed by atoms with Crippen molar-refractivity contribution in [3.63, 3.8) is 0 Å². The molecular formula is C12H13BrN2O2. The highest BCUT2D eigenvalue weighted by Gasteiger charge is 2.27. The van der Waals surface area contributed by atoms with Crippen LogP contribution in [0.15, 0.2) is 28.7 Å². The number of rotatable bonds is 1. The molecule has 1 unspecified atom stereocenters. The third-order valence-electron chi connectivity index (χ3n) is 2.70.